The molecule has 0 spiro atoms. The fraction of sp³-hybridized carbons (Fsp3) is 0.417. The number of benzene rings is 1. The molecule has 1 aromatic rings. The molecule has 0 aliphatic carbocycles. The van der Waals surface area contributed by atoms with E-state index in [-0.39, 0.29) is 21.5 Å². The van der Waals surface area contributed by atoms with Gasteiger partial charge in [0.05, 0.1) is 15.7 Å². The van der Waals surface area contributed by atoms with Crippen LogP contribution in [-0.4, -0.2) is 20.0 Å². The number of rotatable bonds is 1. The fourth-order valence-electron chi connectivity index (χ4n) is 2.35. The number of carbonyl (C=O) groups excluding carboxylic acids is 1. The predicted molar refractivity (Wildman–Crippen MR) is 66.5 cm³/mol. The quantitative estimate of drug-likeness (QED) is 0.739. The first-order valence-corrected chi connectivity index (χ1v) is 7.26. The zero-order valence-corrected chi connectivity index (χ0v) is 11.4. The van der Waals surface area contributed by atoms with Crippen LogP contribution >= 0.6 is 11.6 Å². The van der Waals surface area contributed by atoms with Gasteiger partial charge in [-0.3, -0.25) is 4.79 Å². The SMILES string of the molecule is CC(=O)c1ccc2c(c1Cl)C(C)(C)CS2(=O)=O. The number of fused-ring (bicyclic) bond motifs is 1. The summed E-state index contributed by atoms with van der Waals surface area (Å²) in [5.41, 5.74) is 0.416. The molecule has 0 saturated heterocycles. The highest BCUT2D eigenvalue weighted by atomic mass is 35.5. The second-order valence-electron chi connectivity index (χ2n) is 5.00. The van der Waals surface area contributed by atoms with E-state index in [9.17, 15) is 13.2 Å². The summed E-state index contributed by atoms with van der Waals surface area (Å²) in [5.74, 6) is -0.117. The van der Waals surface area contributed by atoms with Gasteiger partial charge >= 0.3 is 0 Å². The van der Waals surface area contributed by atoms with Crippen molar-refractivity contribution in [3.05, 3.63) is 28.3 Å². The van der Waals surface area contributed by atoms with Crippen LogP contribution in [0.2, 0.25) is 5.02 Å². The Morgan fingerprint density at radius 2 is 1.94 bits per heavy atom. The molecule has 92 valence electrons. The summed E-state index contributed by atoms with van der Waals surface area (Å²) in [6, 6.07) is 2.98. The number of hydrogen-bond acceptors (Lipinski definition) is 3. The van der Waals surface area contributed by atoms with Gasteiger partial charge in [0, 0.05) is 11.0 Å². The van der Waals surface area contributed by atoms with Crippen LogP contribution in [0.4, 0.5) is 0 Å². The largest absolute Gasteiger partial charge is 0.294 e. The number of carbonyl (C=O) groups is 1. The molecule has 2 rings (SSSR count). The van der Waals surface area contributed by atoms with Crippen molar-refractivity contribution in [1.29, 1.82) is 0 Å². The molecule has 0 saturated carbocycles. The van der Waals surface area contributed by atoms with Crippen molar-refractivity contribution >= 4 is 27.2 Å². The number of hydrogen-bond donors (Lipinski definition) is 0. The highest BCUT2D eigenvalue weighted by Crippen LogP contribution is 2.44. The third-order valence-corrected chi connectivity index (χ3v) is 5.55. The molecule has 1 aromatic carbocycles. The van der Waals surface area contributed by atoms with Crippen LogP contribution in [-0.2, 0) is 15.3 Å². The van der Waals surface area contributed by atoms with Crippen LogP contribution in [0.5, 0.6) is 0 Å². The summed E-state index contributed by atoms with van der Waals surface area (Å²) in [7, 11) is -3.27. The summed E-state index contributed by atoms with van der Waals surface area (Å²) in [5, 5.41) is 0.279. The lowest BCUT2D eigenvalue weighted by molar-refractivity contribution is 0.101. The van der Waals surface area contributed by atoms with Crippen molar-refractivity contribution in [3.8, 4) is 0 Å². The van der Waals surface area contributed by atoms with Gasteiger partial charge in [-0.2, -0.15) is 0 Å². The molecule has 0 bridgehead atoms. The van der Waals surface area contributed by atoms with Gasteiger partial charge in [0.25, 0.3) is 0 Å². The van der Waals surface area contributed by atoms with E-state index in [2.05, 4.69) is 0 Å². The summed E-state index contributed by atoms with van der Waals surface area (Å²) >= 11 is 6.18. The van der Waals surface area contributed by atoms with Gasteiger partial charge in [0.1, 0.15) is 0 Å². The second-order valence-corrected chi connectivity index (χ2v) is 7.34. The minimum Gasteiger partial charge on any atom is -0.294 e. The van der Waals surface area contributed by atoms with E-state index >= 15 is 0 Å². The van der Waals surface area contributed by atoms with Gasteiger partial charge in [0.15, 0.2) is 15.6 Å². The Balaban J connectivity index is 2.85. The molecule has 0 fully saturated rings. The molecule has 1 aliphatic heterocycles. The molecular weight excluding hydrogens is 260 g/mol. The van der Waals surface area contributed by atoms with Gasteiger partial charge < -0.3 is 0 Å². The van der Waals surface area contributed by atoms with E-state index in [0.717, 1.165) is 0 Å². The van der Waals surface area contributed by atoms with E-state index < -0.39 is 15.3 Å². The normalized spacial score (nSPS) is 20.0. The number of halogens is 1. The summed E-state index contributed by atoms with van der Waals surface area (Å²) in [6.07, 6.45) is 0. The summed E-state index contributed by atoms with van der Waals surface area (Å²) in [6.45, 7) is 5.07. The summed E-state index contributed by atoms with van der Waals surface area (Å²) < 4.78 is 23.9. The topological polar surface area (TPSA) is 51.2 Å². The van der Waals surface area contributed by atoms with Gasteiger partial charge in [-0.15, -0.1) is 0 Å². The molecule has 3 nitrogen and oxygen atoms in total. The highest BCUT2D eigenvalue weighted by molar-refractivity contribution is 7.91. The van der Waals surface area contributed by atoms with Crippen LogP contribution in [0.25, 0.3) is 0 Å². The lowest BCUT2D eigenvalue weighted by atomic mass is 9.86. The zero-order chi connectivity index (χ0) is 13.0. The van der Waals surface area contributed by atoms with Gasteiger partial charge in [-0.25, -0.2) is 8.42 Å². The molecule has 0 N–H and O–H groups in total. The lowest BCUT2D eigenvalue weighted by Gasteiger charge is -2.19. The maximum atomic E-state index is 12.0. The average molecular weight is 273 g/mol. The van der Waals surface area contributed by atoms with Crippen LogP contribution in [0, 0.1) is 0 Å². The molecule has 17 heavy (non-hydrogen) atoms. The maximum Gasteiger partial charge on any atom is 0.179 e. The molecule has 0 aromatic heterocycles. The fourth-order valence-corrected chi connectivity index (χ4v) is 5.17. The van der Waals surface area contributed by atoms with E-state index in [1.54, 1.807) is 0 Å². The van der Waals surface area contributed by atoms with Crippen molar-refractivity contribution < 1.29 is 13.2 Å². The van der Waals surface area contributed by atoms with E-state index in [1.165, 1.54) is 19.1 Å². The molecule has 0 atom stereocenters. The summed E-state index contributed by atoms with van der Waals surface area (Å²) in [4.78, 5) is 11.7. The first kappa shape index (κ1) is 12.6. The van der Waals surface area contributed by atoms with E-state index in [4.69, 9.17) is 11.6 Å². The number of ketones is 1. The highest BCUT2D eigenvalue weighted by Gasteiger charge is 2.42. The molecule has 1 aliphatic rings. The minimum atomic E-state index is -3.27. The van der Waals surface area contributed by atoms with Crippen LogP contribution in [0.15, 0.2) is 17.0 Å². The zero-order valence-electron chi connectivity index (χ0n) is 9.87. The Labute approximate surface area is 106 Å². The Bertz CT molecular complexity index is 615. The second kappa shape index (κ2) is 3.56. The number of sulfone groups is 1. The molecular formula is C12H13ClO3S. The van der Waals surface area contributed by atoms with Crippen molar-refractivity contribution in [3.63, 3.8) is 0 Å². The Morgan fingerprint density at radius 1 is 1.35 bits per heavy atom. The van der Waals surface area contributed by atoms with Crippen molar-refractivity contribution in [2.24, 2.45) is 0 Å². The molecule has 5 heteroatoms. The van der Waals surface area contributed by atoms with Crippen molar-refractivity contribution in [1.82, 2.24) is 0 Å². The molecule has 0 unspecified atom stereocenters. The Kier molecular flexibility index (Phi) is 2.64. The molecule has 0 amide bonds. The first-order chi connectivity index (χ1) is 7.67. The first-order valence-electron chi connectivity index (χ1n) is 5.23. The average Bonchev–Trinajstić information content (AvgIpc) is 2.32. The standard InChI is InChI=1S/C12H13ClO3S/c1-7(14)8-4-5-9-10(11(8)13)12(2,3)6-17(9,15)16/h4-5H,6H2,1-3H3. The molecule has 1 heterocycles. The van der Waals surface area contributed by atoms with Gasteiger partial charge in [-0.05, 0) is 24.6 Å². The Hall–Kier alpha value is -0.870. The van der Waals surface area contributed by atoms with Crippen molar-refractivity contribution in [2.75, 3.05) is 5.75 Å². The lowest BCUT2D eigenvalue weighted by Crippen LogP contribution is -2.20. The minimum absolute atomic E-state index is 0.0381. The van der Waals surface area contributed by atoms with Gasteiger partial charge in [0.2, 0.25) is 0 Å². The number of Topliss-reactive ketones (excluding diaryl/α,β-unsaturated/α-hetero) is 1. The van der Waals surface area contributed by atoms with Crippen molar-refractivity contribution in [2.45, 2.75) is 31.1 Å². The van der Waals surface area contributed by atoms with E-state index in [1.807, 2.05) is 13.8 Å². The maximum absolute atomic E-state index is 12.0. The van der Waals surface area contributed by atoms with Crippen LogP contribution < -0.4 is 0 Å². The monoisotopic (exact) mass is 272 g/mol. The van der Waals surface area contributed by atoms with E-state index in [0.29, 0.717) is 11.1 Å². The Morgan fingerprint density at radius 3 is 2.47 bits per heavy atom. The smallest absolute Gasteiger partial charge is 0.179 e. The van der Waals surface area contributed by atoms with Crippen LogP contribution in [0.1, 0.15) is 36.7 Å². The van der Waals surface area contributed by atoms with Gasteiger partial charge in [-0.1, -0.05) is 25.4 Å². The predicted octanol–water partition coefficient (Wildman–Crippen LogP) is 2.61. The molecule has 0 radical (unpaired) electrons. The third kappa shape index (κ3) is 1.79. The van der Waals surface area contributed by atoms with Crippen LogP contribution in [0.3, 0.4) is 0 Å². The third-order valence-electron chi connectivity index (χ3n) is 3.05.